The SMILES string of the molecule is N#C/C=C(\Cl)c1ccc(OC(F)F)cc1. The zero-order valence-electron chi connectivity index (χ0n) is 7.45. The second-order valence-electron chi connectivity index (χ2n) is 2.52. The molecule has 1 rings (SSSR count). The average molecular weight is 230 g/mol. The van der Waals surface area contributed by atoms with Crippen molar-refractivity contribution in [1.82, 2.24) is 0 Å². The summed E-state index contributed by atoms with van der Waals surface area (Å²) in [7, 11) is 0. The van der Waals surface area contributed by atoms with Gasteiger partial charge in [0.15, 0.2) is 0 Å². The van der Waals surface area contributed by atoms with Crippen molar-refractivity contribution in [3.05, 3.63) is 35.9 Å². The van der Waals surface area contributed by atoms with Crippen molar-refractivity contribution < 1.29 is 13.5 Å². The molecule has 0 bridgehead atoms. The van der Waals surface area contributed by atoms with E-state index in [2.05, 4.69) is 4.74 Å². The maximum atomic E-state index is 11.8. The third-order valence-corrected chi connectivity index (χ3v) is 1.87. The zero-order valence-corrected chi connectivity index (χ0v) is 8.21. The van der Waals surface area contributed by atoms with Crippen LogP contribution in [0.15, 0.2) is 30.3 Å². The molecule has 2 nitrogen and oxygen atoms in total. The van der Waals surface area contributed by atoms with E-state index >= 15 is 0 Å². The number of benzene rings is 1. The van der Waals surface area contributed by atoms with Gasteiger partial charge in [-0.1, -0.05) is 11.6 Å². The lowest BCUT2D eigenvalue weighted by Gasteiger charge is -2.04. The summed E-state index contributed by atoms with van der Waals surface area (Å²) in [6.45, 7) is -2.85. The van der Waals surface area contributed by atoms with Crippen molar-refractivity contribution in [3.8, 4) is 11.8 Å². The predicted octanol–water partition coefficient (Wildman–Crippen LogP) is 3.39. The molecule has 0 atom stereocenters. The fourth-order valence-electron chi connectivity index (χ4n) is 0.936. The highest BCUT2D eigenvalue weighted by Gasteiger charge is 2.04. The molecule has 0 saturated carbocycles. The molecule has 0 heterocycles. The third kappa shape index (κ3) is 3.56. The van der Waals surface area contributed by atoms with E-state index in [0.717, 1.165) is 6.08 Å². The van der Waals surface area contributed by atoms with Gasteiger partial charge in [-0.25, -0.2) is 0 Å². The molecule has 1 aromatic carbocycles. The Morgan fingerprint density at radius 2 is 2.00 bits per heavy atom. The second kappa shape index (κ2) is 5.32. The Labute approximate surface area is 90.3 Å². The molecule has 0 unspecified atom stereocenters. The number of hydrogen-bond donors (Lipinski definition) is 0. The molecule has 0 N–H and O–H groups in total. The molecule has 0 aliphatic carbocycles. The highest BCUT2D eigenvalue weighted by Crippen LogP contribution is 2.22. The van der Waals surface area contributed by atoms with Gasteiger partial charge in [-0.2, -0.15) is 14.0 Å². The Kier molecular flexibility index (Phi) is 4.07. The standard InChI is InChI=1S/C10H6ClF2NO/c11-9(5-6-14)7-1-3-8(4-2-7)15-10(12)13/h1-5,10H/b9-5-. The van der Waals surface area contributed by atoms with Gasteiger partial charge in [0.2, 0.25) is 0 Å². The molecule has 78 valence electrons. The molecular formula is C10H6ClF2NO. The molecule has 0 aromatic heterocycles. The lowest BCUT2D eigenvalue weighted by molar-refractivity contribution is -0.0498. The molecular weight excluding hydrogens is 224 g/mol. The molecule has 0 radical (unpaired) electrons. The lowest BCUT2D eigenvalue weighted by Crippen LogP contribution is -2.01. The van der Waals surface area contributed by atoms with Gasteiger partial charge in [-0.05, 0) is 29.8 Å². The first-order chi connectivity index (χ1) is 7.13. The number of nitriles is 1. The summed E-state index contributed by atoms with van der Waals surface area (Å²) in [5.41, 5.74) is 0.569. The van der Waals surface area contributed by atoms with E-state index in [0.29, 0.717) is 5.56 Å². The molecule has 0 saturated heterocycles. The predicted molar refractivity (Wildman–Crippen MR) is 52.5 cm³/mol. The van der Waals surface area contributed by atoms with Crippen LogP contribution in [-0.4, -0.2) is 6.61 Å². The highest BCUT2D eigenvalue weighted by atomic mass is 35.5. The minimum atomic E-state index is -2.85. The van der Waals surface area contributed by atoms with Gasteiger partial charge in [0.25, 0.3) is 0 Å². The molecule has 0 aliphatic rings. The number of allylic oxidation sites excluding steroid dienone is 1. The average Bonchev–Trinajstić information content (AvgIpc) is 2.18. The molecule has 1 aromatic rings. The lowest BCUT2D eigenvalue weighted by atomic mass is 10.2. The van der Waals surface area contributed by atoms with Gasteiger partial charge in [0.1, 0.15) is 5.75 Å². The van der Waals surface area contributed by atoms with Gasteiger partial charge in [0.05, 0.1) is 11.1 Å². The van der Waals surface area contributed by atoms with Crippen LogP contribution < -0.4 is 4.74 Å². The number of rotatable bonds is 3. The number of ether oxygens (including phenoxy) is 1. The monoisotopic (exact) mass is 229 g/mol. The van der Waals surface area contributed by atoms with E-state index in [1.165, 1.54) is 24.3 Å². The summed E-state index contributed by atoms with van der Waals surface area (Å²) in [6.07, 6.45) is 1.16. The van der Waals surface area contributed by atoms with Crippen LogP contribution in [0, 0.1) is 11.3 Å². The van der Waals surface area contributed by atoms with Crippen LogP contribution in [0.5, 0.6) is 5.75 Å². The number of hydrogen-bond acceptors (Lipinski definition) is 2. The van der Waals surface area contributed by atoms with Crippen molar-refractivity contribution >= 4 is 16.6 Å². The maximum Gasteiger partial charge on any atom is 0.387 e. The maximum absolute atomic E-state index is 11.8. The first-order valence-electron chi connectivity index (χ1n) is 3.94. The van der Waals surface area contributed by atoms with Gasteiger partial charge in [-0.15, -0.1) is 0 Å². The van der Waals surface area contributed by atoms with Crippen LogP contribution in [0.25, 0.3) is 5.03 Å². The first-order valence-corrected chi connectivity index (χ1v) is 4.32. The van der Waals surface area contributed by atoms with Crippen LogP contribution in [0.3, 0.4) is 0 Å². The largest absolute Gasteiger partial charge is 0.435 e. The topological polar surface area (TPSA) is 33.0 Å². The van der Waals surface area contributed by atoms with E-state index in [4.69, 9.17) is 16.9 Å². The van der Waals surface area contributed by atoms with E-state index in [1.807, 2.05) is 0 Å². The summed E-state index contributed by atoms with van der Waals surface area (Å²) in [4.78, 5) is 0. The Bertz CT molecular complexity index is 395. The number of nitrogens with zero attached hydrogens (tertiary/aromatic N) is 1. The van der Waals surface area contributed by atoms with Crippen molar-refractivity contribution in [2.24, 2.45) is 0 Å². The molecule has 0 amide bonds. The van der Waals surface area contributed by atoms with Crippen LogP contribution in [0.2, 0.25) is 0 Å². The van der Waals surface area contributed by atoms with Crippen molar-refractivity contribution in [2.75, 3.05) is 0 Å². The van der Waals surface area contributed by atoms with Crippen LogP contribution in [0.4, 0.5) is 8.78 Å². The molecule has 15 heavy (non-hydrogen) atoms. The van der Waals surface area contributed by atoms with Crippen LogP contribution in [-0.2, 0) is 0 Å². The van der Waals surface area contributed by atoms with Crippen molar-refractivity contribution in [3.63, 3.8) is 0 Å². The minimum absolute atomic E-state index is 0.0511. The summed E-state index contributed by atoms with van der Waals surface area (Å²) in [6, 6.07) is 7.47. The fourth-order valence-corrected chi connectivity index (χ4v) is 1.11. The molecule has 0 spiro atoms. The van der Waals surface area contributed by atoms with Gasteiger partial charge >= 0.3 is 6.61 Å². The Morgan fingerprint density at radius 1 is 1.40 bits per heavy atom. The smallest absolute Gasteiger partial charge is 0.387 e. The minimum Gasteiger partial charge on any atom is -0.435 e. The Balaban J connectivity index is 2.82. The summed E-state index contributed by atoms with van der Waals surface area (Å²) < 4.78 is 27.7. The van der Waals surface area contributed by atoms with E-state index in [9.17, 15) is 8.78 Å². The second-order valence-corrected chi connectivity index (χ2v) is 2.93. The molecule has 0 fully saturated rings. The molecule has 5 heteroatoms. The number of alkyl halides is 2. The zero-order chi connectivity index (χ0) is 11.3. The van der Waals surface area contributed by atoms with E-state index < -0.39 is 6.61 Å². The van der Waals surface area contributed by atoms with Gasteiger partial charge in [0, 0.05) is 6.08 Å². The van der Waals surface area contributed by atoms with Gasteiger partial charge in [-0.3, -0.25) is 0 Å². The van der Waals surface area contributed by atoms with Crippen LogP contribution >= 0.6 is 11.6 Å². The molecule has 0 aliphatic heterocycles. The summed E-state index contributed by atoms with van der Waals surface area (Å²) >= 11 is 5.71. The normalized spacial score (nSPS) is 11.3. The summed E-state index contributed by atoms with van der Waals surface area (Å²) in [5.74, 6) is 0.0511. The van der Waals surface area contributed by atoms with E-state index in [-0.39, 0.29) is 10.8 Å². The summed E-state index contributed by atoms with van der Waals surface area (Å²) in [5, 5.41) is 8.59. The van der Waals surface area contributed by atoms with Gasteiger partial charge < -0.3 is 4.74 Å². The van der Waals surface area contributed by atoms with Crippen molar-refractivity contribution in [1.29, 1.82) is 5.26 Å². The Morgan fingerprint density at radius 3 is 2.47 bits per heavy atom. The quantitative estimate of drug-likeness (QED) is 0.745. The van der Waals surface area contributed by atoms with E-state index in [1.54, 1.807) is 6.07 Å². The Hall–Kier alpha value is -1.60. The fraction of sp³-hybridized carbons (Fsp3) is 0.100. The van der Waals surface area contributed by atoms with Crippen molar-refractivity contribution in [2.45, 2.75) is 6.61 Å². The number of halogens is 3. The third-order valence-electron chi connectivity index (χ3n) is 1.55. The van der Waals surface area contributed by atoms with Crippen LogP contribution in [0.1, 0.15) is 5.56 Å². The highest BCUT2D eigenvalue weighted by molar-refractivity contribution is 6.48. The first kappa shape index (κ1) is 11.5.